The van der Waals surface area contributed by atoms with Crippen molar-refractivity contribution >= 4 is 12.1 Å². The van der Waals surface area contributed by atoms with Crippen molar-refractivity contribution in [2.24, 2.45) is 17.6 Å². The van der Waals surface area contributed by atoms with Crippen molar-refractivity contribution in [2.75, 3.05) is 13.2 Å². The van der Waals surface area contributed by atoms with Gasteiger partial charge < -0.3 is 20.9 Å². The molecule has 2 aromatic carbocycles. The van der Waals surface area contributed by atoms with Gasteiger partial charge in [-0.1, -0.05) is 62.4 Å². The predicted octanol–water partition coefficient (Wildman–Crippen LogP) is 3.60. The van der Waals surface area contributed by atoms with Gasteiger partial charge in [0.05, 0.1) is 0 Å². The van der Waals surface area contributed by atoms with E-state index >= 15 is 0 Å². The van der Waals surface area contributed by atoms with E-state index in [4.69, 9.17) is 10.5 Å². The summed E-state index contributed by atoms with van der Waals surface area (Å²) in [5, 5.41) is 12.0. The van der Waals surface area contributed by atoms with Gasteiger partial charge in [0.25, 0.3) is 0 Å². The van der Waals surface area contributed by atoms with Gasteiger partial charge in [-0.2, -0.15) is 0 Å². The van der Waals surface area contributed by atoms with Crippen LogP contribution < -0.4 is 11.1 Å². The second kappa shape index (κ2) is 9.09. The topological polar surface area (TPSA) is 102 Å². The summed E-state index contributed by atoms with van der Waals surface area (Å²) in [5.41, 5.74) is 10.2. The fraction of sp³-hybridized carbons (Fsp3) is 0.391. The first kappa shape index (κ1) is 20.9. The molecule has 6 nitrogen and oxygen atoms in total. The number of hydrogen-bond donors (Lipinski definition) is 3. The molecule has 0 saturated heterocycles. The lowest BCUT2D eigenvalue weighted by Crippen LogP contribution is -2.43. The SMILES string of the molecule is CC(CN)C(C)CC(NC(=O)OCC1c2ccccc2-c2ccccc21)C(=O)O. The Morgan fingerprint density at radius 3 is 2.10 bits per heavy atom. The van der Waals surface area contributed by atoms with Crippen LogP contribution in [0.15, 0.2) is 48.5 Å². The van der Waals surface area contributed by atoms with Gasteiger partial charge in [-0.3, -0.25) is 0 Å². The number of amides is 1. The maximum Gasteiger partial charge on any atom is 0.407 e. The average molecular weight is 396 g/mol. The Morgan fingerprint density at radius 2 is 1.59 bits per heavy atom. The summed E-state index contributed by atoms with van der Waals surface area (Å²) in [6.07, 6.45) is -0.412. The molecule has 2 aromatic rings. The largest absolute Gasteiger partial charge is 0.480 e. The lowest BCUT2D eigenvalue weighted by Gasteiger charge is -2.23. The number of nitrogens with two attached hydrogens (primary N) is 1. The number of fused-ring (bicyclic) bond motifs is 3. The van der Waals surface area contributed by atoms with Crippen LogP contribution in [0.3, 0.4) is 0 Å². The van der Waals surface area contributed by atoms with Crippen LogP contribution in [0.1, 0.15) is 37.3 Å². The molecular weight excluding hydrogens is 368 g/mol. The zero-order valence-corrected chi connectivity index (χ0v) is 16.8. The van der Waals surface area contributed by atoms with E-state index in [1.807, 2.05) is 50.2 Å². The van der Waals surface area contributed by atoms with Crippen LogP contribution >= 0.6 is 0 Å². The number of carbonyl (C=O) groups is 2. The van der Waals surface area contributed by atoms with Crippen LogP contribution in [0.25, 0.3) is 11.1 Å². The van der Waals surface area contributed by atoms with Crippen LogP contribution in [0.5, 0.6) is 0 Å². The number of ether oxygens (including phenoxy) is 1. The molecule has 1 aliphatic rings. The van der Waals surface area contributed by atoms with Crippen molar-refractivity contribution in [3.05, 3.63) is 59.7 Å². The third kappa shape index (κ3) is 4.59. The number of carbonyl (C=O) groups excluding carboxylic acids is 1. The van der Waals surface area contributed by atoms with Gasteiger partial charge in [0.1, 0.15) is 12.6 Å². The molecule has 0 aromatic heterocycles. The quantitative estimate of drug-likeness (QED) is 0.633. The second-order valence-electron chi connectivity index (χ2n) is 7.79. The molecule has 0 bridgehead atoms. The molecule has 3 atom stereocenters. The highest BCUT2D eigenvalue weighted by Crippen LogP contribution is 2.44. The number of carboxylic acids is 1. The van der Waals surface area contributed by atoms with Gasteiger partial charge >= 0.3 is 12.1 Å². The van der Waals surface area contributed by atoms with Gasteiger partial charge in [0.15, 0.2) is 0 Å². The molecule has 154 valence electrons. The van der Waals surface area contributed by atoms with E-state index < -0.39 is 18.1 Å². The first-order valence-electron chi connectivity index (χ1n) is 9.96. The van der Waals surface area contributed by atoms with Crippen molar-refractivity contribution in [1.82, 2.24) is 5.32 Å². The fourth-order valence-electron chi connectivity index (χ4n) is 3.84. The normalized spacial score (nSPS) is 15.7. The minimum Gasteiger partial charge on any atom is -0.480 e. The number of rotatable bonds is 8. The smallest absolute Gasteiger partial charge is 0.407 e. The summed E-state index contributed by atoms with van der Waals surface area (Å²) >= 11 is 0. The molecule has 6 heteroatoms. The van der Waals surface area contributed by atoms with E-state index in [1.165, 1.54) is 0 Å². The Bertz CT molecular complexity index is 837. The van der Waals surface area contributed by atoms with Crippen molar-refractivity contribution in [1.29, 1.82) is 0 Å². The van der Waals surface area contributed by atoms with Crippen LogP contribution in [-0.4, -0.2) is 36.4 Å². The molecule has 1 amide bonds. The third-order valence-corrected chi connectivity index (χ3v) is 5.88. The number of carboxylic acid groups (broad SMARTS) is 1. The second-order valence-corrected chi connectivity index (χ2v) is 7.79. The van der Waals surface area contributed by atoms with E-state index in [9.17, 15) is 14.7 Å². The molecule has 0 fully saturated rings. The Labute approximate surface area is 171 Å². The van der Waals surface area contributed by atoms with Crippen LogP contribution in [0.4, 0.5) is 4.79 Å². The van der Waals surface area contributed by atoms with Crippen molar-refractivity contribution in [3.63, 3.8) is 0 Å². The minimum atomic E-state index is -1.07. The lowest BCUT2D eigenvalue weighted by molar-refractivity contribution is -0.139. The summed E-state index contributed by atoms with van der Waals surface area (Å²) in [4.78, 5) is 23.9. The first-order valence-corrected chi connectivity index (χ1v) is 9.96. The van der Waals surface area contributed by atoms with Crippen molar-refractivity contribution < 1.29 is 19.4 Å². The van der Waals surface area contributed by atoms with Gasteiger partial charge in [-0.25, -0.2) is 9.59 Å². The predicted molar refractivity (Wildman–Crippen MR) is 112 cm³/mol. The van der Waals surface area contributed by atoms with Gasteiger partial charge in [-0.05, 0) is 47.1 Å². The van der Waals surface area contributed by atoms with Gasteiger partial charge in [0, 0.05) is 5.92 Å². The van der Waals surface area contributed by atoms with Crippen molar-refractivity contribution in [2.45, 2.75) is 32.2 Å². The maximum absolute atomic E-state index is 12.3. The fourth-order valence-corrected chi connectivity index (χ4v) is 3.84. The molecule has 0 heterocycles. The summed E-state index contributed by atoms with van der Waals surface area (Å²) in [6.45, 7) is 4.53. The summed E-state index contributed by atoms with van der Waals surface area (Å²) < 4.78 is 5.45. The highest BCUT2D eigenvalue weighted by molar-refractivity contribution is 5.81. The highest BCUT2D eigenvalue weighted by Gasteiger charge is 2.30. The molecule has 0 spiro atoms. The number of benzene rings is 2. The zero-order chi connectivity index (χ0) is 21.0. The molecule has 3 rings (SSSR count). The summed E-state index contributed by atoms with van der Waals surface area (Å²) in [5.74, 6) is -0.904. The lowest BCUT2D eigenvalue weighted by atomic mass is 9.90. The standard InChI is InChI=1S/C23H28N2O4/c1-14(15(2)12-24)11-21(22(26)27)25-23(28)29-13-20-18-9-5-3-7-16(18)17-8-4-6-10-19(17)20/h3-10,14-15,20-21H,11-13,24H2,1-2H3,(H,25,28)(H,26,27). The molecule has 0 saturated carbocycles. The van der Waals surface area contributed by atoms with Gasteiger partial charge in [0.2, 0.25) is 0 Å². The number of hydrogen-bond acceptors (Lipinski definition) is 4. The zero-order valence-electron chi connectivity index (χ0n) is 16.8. The third-order valence-electron chi connectivity index (χ3n) is 5.88. The molecular formula is C23H28N2O4. The first-order chi connectivity index (χ1) is 13.9. The van der Waals surface area contributed by atoms with E-state index in [2.05, 4.69) is 17.4 Å². The van der Waals surface area contributed by atoms with Crippen LogP contribution in [0, 0.1) is 11.8 Å². The van der Waals surface area contributed by atoms with E-state index in [0.717, 1.165) is 22.3 Å². The number of aliphatic carboxylic acids is 1. The number of alkyl carbamates (subject to hydrolysis) is 1. The molecule has 0 radical (unpaired) electrons. The Balaban J connectivity index is 1.65. The van der Waals surface area contributed by atoms with E-state index in [-0.39, 0.29) is 24.4 Å². The molecule has 29 heavy (non-hydrogen) atoms. The van der Waals surface area contributed by atoms with E-state index in [1.54, 1.807) is 0 Å². The monoisotopic (exact) mass is 396 g/mol. The van der Waals surface area contributed by atoms with E-state index in [0.29, 0.717) is 13.0 Å². The maximum atomic E-state index is 12.3. The summed E-state index contributed by atoms with van der Waals surface area (Å²) in [7, 11) is 0. The molecule has 0 aliphatic heterocycles. The van der Waals surface area contributed by atoms with Crippen molar-refractivity contribution in [3.8, 4) is 11.1 Å². The highest BCUT2D eigenvalue weighted by atomic mass is 16.5. The van der Waals surface area contributed by atoms with Gasteiger partial charge in [-0.15, -0.1) is 0 Å². The molecule has 4 N–H and O–H groups in total. The molecule has 1 aliphatic carbocycles. The average Bonchev–Trinajstić information content (AvgIpc) is 3.04. The van der Waals surface area contributed by atoms with Crippen LogP contribution in [-0.2, 0) is 9.53 Å². The minimum absolute atomic E-state index is 0.0624. The summed E-state index contributed by atoms with van der Waals surface area (Å²) in [6, 6.07) is 15.1. The number of nitrogens with one attached hydrogen (secondary N) is 1. The molecule has 3 unspecified atom stereocenters. The van der Waals surface area contributed by atoms with Crippen LogP contribution in [0.2, 0.25) is 0 Å². The Hall–Kier alpha value is -2.86. The Kier molecular flexibility index (Phi) is 6.54. The Morgan fingerprint density at radius 1 is 1.03 bits per heavy atom.